The highest BCUT2D eigenvalue weighted by Crippen LogP contribution is 2.27. The second kappa shape index (κ2) is 9.59. The van der Waals surface area contributed by atoms with E-state index in [4.69, 9.17) is 14.2 Å². The van der Waals surface area contributed by atoms with Gasteiger partial charge < -0.3 is 24.6 Å². The summed E-state index contributed by atoms with van der Waals surface area (Å²) in [4.78, 5) is 28.4. The maximum absolute atomic E-state index is 12.3. The Hall–Kier alpha value is -3.29. The van der Waals surface area contributed by atoms with E-state index in [9.17, 15) is 14.7 Å². The number of amides is 1. The zero-order valence-electron chi connectivity index (χ0n) is 16.2. The van der Waals surface area contributed by atoms with Crippen LogP contribution < -0.4 is 14.8 Å². The third-order valence-electron chi connectivity index (χ3n) is 4.05. The Labute approximate surface area is 163 Å². The second-order valence-corrected chi connectivity index (χ2v) is 6.18. The van der Waals surface area contributed by atoms with Crippen molar-refractivity contribution in [3.05, 3.63) is 48.3 Å². The van der Waals surface area contributed by atoms with E-state index in [0.29, 0.717) is 5.75 Å². The first-order valence-corrected chi connectivity index (χ1v) is 8.78. The molecule has 0 unspecified atom stereocenters. The Morgan fingerprint density at radius 3 is 2.39 bits per heavy atom. The number of carbonyl (C=O) groups is 2. The van der Waals surface area contributed by atoms with Crippen LogP contribution in [0.4, 0.5) is 0 Å². The fourth-order valence-electron chi connectivity index (χ4n) is 2.28. The number of esters is 1. The second-order valence-electron chi connectivity index (χ2n) is 6.18. The maximum atomic E-state index is 12.3. The predicted octanol–water partition coefficient (Wildman–Crippen LogP) is 2.31. The zero-order chi connectivity index (χ0) is 20.7. The molecule has 2 N–H and O–H groups in total. The number of methoxy groups -OCH3 is 1. The van der Waals surface area contributed by atoms with Crippen LogP contribution in [0.25, 0.3) is 0 Å². The van der Waals surface area contributed by atoms with Crippen LogP contribution in [0.15, 0.2) is 42.6 Å². The number of benzene rings is 1. The normalized spacial score (nSPS) is 13.7. The predicted molar refractivity (Wildman–Crippen MR) is 101 cm³/mol. The first-order chi connectivity index (χ1) is 13.3. The third-order valence-corrected chi connectivity index (χ3v) is 4.05. The van der Waals surface area contributed by atoms with Crippen molar-refractivity contribution in [2.45, 2.75) is 39.0 Å². The summed E-state index contributed by atoms with van der Waals surface area (Å²) in [7, 11) is 1.36. The molecule has 2 rings (SSSR count). The molecule has 0 bridgehead atoms. The highest BCUT2D eigenvalue weighted by Gasteiger charge is 2.25. The molecule has 28 heavy (non-hydrogen) atoms. The van der Waals surface area contributed by atoms with Crippen LogP contribution in [0.5, 0.6) is 17.2 Å². The first-order valence-electron chi connectivity index (χ1n) is 8.78. The number of aromatic hydroxyl groups is 1. The molecule has 1 aromatic carbocycles. The lowest BCUT2D eigenvalue weighted by atomic mass is 10.2. The number of hydrogen-bond donors (Lipinski definition) is 2. The summed E-state index contributed by atoms with van der Waals surface area (Å²) in [6, 6.07) is 9.64. The lowest BCUT2D eigenvalue weighted by Gasteiger charge is -2.23. The molecule has 2 aromatic rings. The third kappa shape index (κ3) is 5.35. The van der Waals surface area contributed by atoms with Crippen molar-refractivity contribution >= 4 is 11.9 Å². The molecular weight excluding hydrogens is 364 g/mol. The minimum Gasteiger partial charge on any atom is -0.503 e. The van der Waals surface area contributed by atoms with Gasteiger partial charge in [-0.3, -0.25) is 4.79 Å². The SMILES string of the molecule is COc1ccnc(C(=O)N[C@@H](C)C(=O)O[C@@H](C)[C@H](C)Oc2ccccc2)c1O. The molecule has 1 aromatic heterocycles. The lowest BCUT2D eigenvalue weighted by Crippen LogP contribution is -2.42. The minimum absolute atomic E-state index is 0.107. The molecule has 0 fully saturated rings. The van der Waals surface area contributed by atoms with Crippen molar-refractivity contribution in [2.75, 3.05) is 7.11 Å². The molecule has 1 heterocycles. The van der Waals surface area contributed by atoms with E-state index >= 15 is 0 Å². The molecule has 1 amide bonds. The first kappa shape index (κ1) is 21.0. The van der Waals surface area contributed by atoms with Crippen molar-refractivity contribution in [3.8, 4) is 17.2 Å². The van der Waals surface area contributed by atoms with Gasteiger partial charge in [-0.2, -0.15) is 0 Å². The number of aromatic nitrogens is 1. The number of hydrogen-bond acceptors (Lipinski definition) is 7. The van der Waals surface area contributed by atoms with Gasteiger partial charge in [0, 0.05) is 12.3 Å². The van der Waals surface area contributed by atoms with Crippen LogP contribution in [-0.4, -0.2) is 47.3 Å². The fraction of sp³-hybridized carbons (Fsp3) is 0.350. The Bertz CT molecular complexity index is 812. The summed E-state index contributed by atoms with van der Waals surface area (Å²) in [5, 5.41) is 12.4. The summed E-state index contributed by atoms with van der Waals surface area (Å²) in [6.45, 7) is 4.97. The largest absolute Gasteiger partial charge is 0.503 e. The summed E-state index contributed by atoms with van der Waals surface area (Å²) < 4.78 is 16.0. The van der Waals surface area contributed by atoms with Gasteiger partial charge in [0.2, 0.25) is 0 Å². The fourth-order valence-corrected chi connectivity index (χ4v) is 2.28. The molecule has 8 heteroatoms. The van der Waals surface area contributed by atoms with E-state index in [2.05, 4.69) is 10.3 Å². The van der Waals surface area contributed by atoms with Crippen molar-refractivity contribution in [3.63, 3.8) is 0 Å². The number of para-hydroxylation sites is 1. The van der Waals surface area contributed by atoms with Crippen LogP contribution >= 0.6 is 0 Å². The molecule has 0 aliphatic heterocycles. The van der Waals surface area contributed by atoms with Crippen molar-refractivity contribution < 1.29 is 28.9 Å². The molecule has 3 atom stereocenters. The zero-order valence-corrected chi connectivity index (χ0v) is 16.2. The van der Waals surface area contributed by atoms with Crippen LogP contribution in [0.1, 0.15) is 31.3 Å². The van der Waals surface area contributed by atoms with Gasteiger partial charge in [-0.1, -0.05) is 18.2 Å². The standard InChI is InChI=1S/C20H24N2O6/c1-12(22-19(24)17-18(23)16(26-4)10-11-21-17)20(25)28-14(3)13(2)27-15-8-6-5-7-9-15/h5-14,23H,1-4H3,(H,22,24)/t12-,13-,14-/m0/s1. The van der Waals surface area contributed by atoms with E-state index in [1.807, 2.05) is 30.3 Å². The monoisotopic (exact) mass is 388 g/mol. The Balaban J connectivity index is 1.92. The molecule has 0 aliphatic carbocycles. The topological polar surface area (TPSA) is 107 Å². The van der Waals surface area contributed by atoms with Crippen molar-refractivity contribution in [1.82, 2.24) is 10.3 Å². The Morgan fingerprint density at radius 1 is 1.07 bits per heavy atom. The summed E-state index contributed by atoms with van der Waals surface area (Å²) >= 11 is 0. The molecular formula is C20H24N2O6. The molecule has 0 saturated carbocycles. The minimum atomic E-state index is -0.953. The maximum Gasteiger partial charge on any atom is 0.328 e. The van der Waals surface area contributed by atoms with Gasteiger partial charge in [0.25, 0.3) is 5.91 Å². The van der Waals surface area contributed by atoms with Crippen LogP contribution in [-0.2, 0) is 9.53 Å². The molecule has 0 radical (unpaired) electrons. The average Bonchev–Trinajstić information content (AvgIpc) is 2.68. The summed E-state index contributed by atoms with van der Waals surface area (Å²) in [5.41, 5.74) is -0.243. The van der Waals surface area contributed by atoms with Gasteiger partial charge in [-0.15, -0.1) is 0 Å². The highest BCUT2D eigenvalue weighted by atomic mass is 16.6. The van der Waals surface area contributed by atoms with Crippen LogP contribution in [0.2, 0.25) is 0 Å². The average molecular weight is 388 g/mol. The Kier molecular flexibility index (Phi) is 7.20. The quantitative estimate of drug-likeness (QED) is 0.668. The number of nitrogens with one attached hydrogen (secondary N) is 1. The van der Waals surface area contributed by atoms with Crippen molar-refractivity contribution in [1.29, 1.82) is 0 Å². The van der Waals surface area contributed by atoms with E-state index in [0.717, 1.165) is 0 Å². The van der Waals surface area contributed by atoms with Crippen molar-refractivity contribution in [2.24, 2.45) is 0 Å². The number of nitrogens with zero attached hydrogens (tertiary/aromatic N) is 1. The van der Waals surface area contributed by atoms with Gasteiger partial charge in [0.1, 0.15) is 24.0 Å². The van der Waals surface area contributed by atoms with Gasteiger partial charge in [0.05, 0.1) is 7.11 Å². The van der Waals surface area contributed by atoms with Gasteiger partial charge in [0.15, 0.2) is 17.2 Å². The van der Waals surface area contributed by atoms with Gasteiger partial charge in [-0.25, -0.2) is 9.78 Å². The number of ether oxygens (including phenoxy) is 3. The summed E-state index contributed by atoms with van der Waals surface area (Å²) in [6.07, 6.45) is 0.384. The Morgan fingerprint density at radius 2 is 1.75 bits per heavy atom. The van der Waals surface area contributed by atoms with Crippen LogP contribution in [0, 0.1) is 0 Å². The number of carbonyl (C=O) groups excluding carboxylic acids is 2. The number of pyridine rings is 1. The van der Waals surface area contributed by atoms with Gasteiger partial charge >= 0.3 is 5.97 Å². The van der Waals surface area contributed by atoms with E-state index in [-0.39, 0.29) is 11.4 Å². The highest BCUT2D eigenvalue weighted by molar-refractivity contribution is 5.97. The number of rotatable bonds is 8. The lowest BCUT2D eigenvalue weighted by molar-refractivity contribution is -0.154. The molecule has 150 valence electrons. The molecule has 0 spiro atoms. The van der Waals surface area contributed by atoms with Crippen LogP contribution in [0.3, 0.4) is 0 Å². The molecule has 8 nitrogen and oxygen atoms in total. The van der Waals surface area contributed by atoms with E-state index in [1.54, 1.807) is 13.8 Å². The summed E-state index contributed by atoms with van der Waals surface area (Å²) in [5.74, 6) is -0.982. The van der Waals surface area contributed by atoms with E-state index < -0.39 is 35.9 Å². The molecule has 0 saturated heterocycles. The molecule has 0 aliphatic rings. The van der Waals surface area contributed by atoms with E-state index in [1.165, 1.54) is 26.3 Å². The van der Waals surface area contributed by atoms with Gasteiger partial charge in [-0.05, 0) is 32.9 Å². The smallest absolute Gasteiger partial charge is 0.328 e.